The smallest absolute Gasteiger partial charge is 0.227 e. The Morgan fingerprint density at radius 1 is 1.16 bits per heavy atom. The molecule has 1 N–H and O–H groups in total. The molecule has 2 heterocycles. The molecule has 0 unspecified atom stereocenters. The number of amides is 1. The van der Waals surface area contributed by atoms with E-state index >= 15 is 0 Å². The molecule has 32 heavy (non-hydrogen) atoms. The number of furan rings is 1. The lowest BCUT2D eigenvalue weighted by atomic mass is 10.1. The van der Waals surface area contributed by atoms with Crippen LogP contribution in [-0.2, 0) is 24.8 Å². The van der Waals surface area contributed by atoms with Crippen molar-refractivity contribution in [3.05, 3.63) is 90.4 Å². The van der Waals surface area contributed by atoms with Crippen molar-refractivity contribution in [3.8, 4) is 11.1 Å². The predicted molar refractivity (Wildman–Crippen MR) is 123 cm³/mol. The van der Waals surface area contributed by atoms with Gasteiger partial charge in [-0.25, -0.2) is 4.39 Å². The molecule has 4 aromatic rings. The molecule has 0 saturated heterocycles. The molecule has 0 atom stereocenters. The number of halogens is 1. The fraction of sp³-hybridized carbons (Fsp3) is 0.200. The van der Waals surface area contributed by atoms with Gasteiger partial charge in [-0.05, 0) is 41.5 Å². The van der Waals surface area contributed by atoms with Crippen LogP contribution in [0.3, 0.4) is 0 Å². The first-order valence-electron chi connectivity index (χ1n) is 10.4. The first kappa shape index (κ1) is 21.4. The maximum atomic E-state index is 14.4. The summed E-state index contributed by atoms with van der Waals surface area (Å²) < 4.78 is 21.5. The molecule has 6 nitrogen and oxygen atoms in total. The number of hydrogen-bond acceptors (Lipinski definition) is 4. The molecule has 164 valence electrons. The molecule has 0 saturated carbocycles. The van der Waals surface area contributed by atoms with Crippen LogP contribution in [-0.4, -0.2) is 22.7 Å². The summed E-state index contributed by atoms with van der Waals surface area (Å²) in [6.45, 7) is 0.578. The Labute approximate surface area is 186 Å². The molecule has 0 fully saturated rings. The highest BCUT2D eigenvalue weighted by Gasteiger charge is 2.16. The van der Waals surface area contributed by atoms with E-state index in [9.17, 15) is 9.18 Å². The van der Waals surface area contributed by atoms with Crippen LogP contribution in [0.1, 0.15) is 17.7 Å². The van der Waals surface area contributed by atoms with Crippen LogP contribution in [0.15, 0.2) is 77.7 Å². The third-order valence-corrected chi connectivity index (χ3v) is 5.34. The second-order valence-electron chi connectivity index (χ2n) is 7.65. The summed E-state index contributed by atoms with van der Waals surface area (Å²) in [5, 5.41) is 7.50. The number of nitrogens with zero attached hydrogens (tertiary/aromatic N) is 3. The van der Waals surface area contributed by atoms with Crippen molar-refractivity contribution in [2.24, 2.45) is 7.05 Å². The fourth-order valence-electron chi connectivity index (χ4n) is 3.46. The van der Waals surface area contributed by atoms with E-state index in [-0.39, 0.29) is 18.0 Å². The SMILES string of the molecule is CN(C(=O)CCc1ccco1)c1cc(NCc2ccc(-c3cnn(C)c3)cc2)ccc1F. The van der Waals surface area contributed by atoms with Gasteiger partial charge in [0.25, 0.3) is 0 Å². The molecule has 0 aliphatic carbocycles. The van der Waals surface area contributed by atoms with Crippen LogP contribution in [0.5, 0.6) is 0 Å². The molecule has 0 aliphatic heterocycles. The van der Waals surface area contributed by atoms with Gasteiger partial charge in [-0.2, -0.15) is 5.10 Å². The average Bonchev–Trinajstić information content (AvgIpc) is 3.48. The zero-order valence-electron chi connectivity index (χ0n) is 18.1. The second-order valence-corrected chi connectivity index (χ2v) is 7.65. The van der Waals surface area contributed by atoms with Crippen molar-refractivity contribution in [2.45, 2.75) is 19.4 Å². The topological polar surface area (TPSA) is 63.3 Å². The second kappa shape index (κ2) is 9.51. The molecule has 2 aromatic carbocycles. The summed E-state index contributed by atoms with van der Waals surface area (Å²) in [4.78, 5) is 13.9. The largest absolute Gasteiger partial charge is 0.469 e. The Bertz CT molecular complexity index is 1180. The van der Waals surface area contributed by atoms with Gasteiger partial charge in [-0.15, -0.1) is 0 Å². The predicted octanol–water partition coefficient (Wildman–Crippen LogP) is 5.03. The van der Waals surface area contributed by atoms with Crippen molar-refractivity contribution in [3.63, 3.8) is 0 Å². The highest BCUT2D eigenvalue weighted by molar-refractivity contribution is 5.93. The Kier molecular flexibility index (Phi) is 6.35. The molecule has 7 heteroatoms. The number of rotatable bonds is 8. The van der Waals surface area contributed by atoms with Crippen molar-refractivity contribution >= 4 is 17.3 Å². The first-order valence-corrected chi connectivity index (χ1v) is 10.4. The van der Waals surface area contributed by atoms with Crippen LogP contribution < -0.4 is 10.2 Å². The van der Waals surface area contributed by atoms with E-state index in [0.717, 1.165) is 28.1 Å². The lowest BCUT2D eigenvalue weighted by molar-refractivity contribution is -0.118. The molecule has 0 radical (unpaired) electrons. The summed E-state index contributed by atoms with van der Waals surface area (Å²) in [5.41, 5.74) is 4.23. The lowest BCUT2D eigenvalue weighted by Crippen LogP contribution is -2.27. The van der Waals surface area contributed by atoms with Gasteiger partial charge in [0.1, 0.15) is 11.6 Å². The van der Waals surface area contributed by atoms with E-state index in [2.05, 4.69) is 22.5 Å². The molecule has 4 rings (SSSR count). The number of hydrogen-bond donors (Lipinski definition) is 1. The number of carbonyl (C=O) groups is 1. The number of anilines is 2. The maximum absolute atomic E-state index is 14.4. The molecular weight excluding hydrogens is 407 g/mol. The van der Waals surface area contributed by atoms with Crippen LogP contribution in [0, 0.1) is 5.82 Å². The summed E-state index contributed by atoms with van der Waals surface area (Å²) in [7, 11) is 3.48. The van der Waals surface area contributed by atoms with Gasteiger partial charge in [0.05, 0.1) is 18.1 Å². The third kappa shape index (κ3) is 5.06. The van der Waals surface area contributed by atoms with Crippen molar-refractivity contribution in [1.82, 2.24) is 9.78 Å². The number of carbonyl (C=O) groups excluding carboxylic acids is 1. The Balaban J connectivity index is 1.38. The number of aromatic nitrogens is 2. The van der Waals surface area contributed by atoms with Gasteiger partial charge in [0.15, 0.2) is 0 Å². The minimum atomic E-state index is -0.440. The quantitative estimate of drug-likeness (QED) is 0.424. The number of benzene rings is 2. The molecule has 0 spiro atoms. The minimum Gasteiger partial charge on any atom is -0.469 e. The molecule has 1 amide bonds. The van der Waals surface area contributed by atoms with E-state index < -0.39 is 5.82 Å². The fourth-order valence-corrected chi connectivity index (χ4v) is 3.46. The summed E-state index contributed by atoms with van der Waals surface area (Å²) in [5.74, 6) is 0.117. The maximum Gasteiger partial charge on any atom is 0.227 e. The summed E-state index contributed by atoms with van der Waals surface area (Å²) in [6.07, 6.45) is 6.10. The lowest BCUT2D eigenvalue weighted by Gasteiger charge is -2.19. The zero-order chi connectivity index (χ0) is 22.5. The van der Waals surface area contributed by atoms with E-state index in [1.54, 1.807) is 36.2 Å². The standard InChI is InChI=1S/C25H25FN4O2/c1-29-17-20(16-28-29)19-7-5-18(6-8-19)15-27-21-9-11-23(26)24(14-21)30(2)25(31)12-10-22-4-3-13-32-22/h3-9,11,13-14,16-17,27H,10,12,15H2,1-2H3. The average molecular weight is 432 g/mol. The van der Waals surface area contributed by atoms with Crippen LogP contribution in [0.25, 0.3) is 11.1 Å². The van der Waals surface area contributed by atoms with E-state index in [1.165, 1.54) is 11.0 Å². The monoisotopic (exact) mass is 432 g/mol. The number of nitrogens with one attached hydrogen (secondary N) is 1. The van der Waals surface area contributed by atoms with Crippen LogP contribution in [0.2, 0.25) is 0 Å². The van der Waals surface area contributed by atoms with Crippen molar-refractivity contribution < 1.29 is 13.6 Å². The Morgan fingerprint density at radius 3 is 2.66 bits per heavy atom. The van der Waals surface area contributed by atoms with E-state index in [1.807, 2.05) is 37.6 Å². The molecule has 0 aliphatic rings. The van der Waals surface area contributed by atoms with Crippen molar-refractivity contribution in [1.29, 1.82) is 0 Å². The van der Waals surface area contributed by atoms with E-state index in [4.69, 9.17) is 4.42 Å². The molecule has 2 aromatic heterocycles. The van der Waals surface area contributed by atoms with Crippen molar-refractivity contribution in [2.75, 3.05) is 17.3 Å². The molecular formula is C25H25FN4O2. The van der Waals surface area contributed by atoms with Gasteiger partial charge >= 0.3 is 0 Å². The highest BCUT2D eigenvalue weighted by atomic mass is 19.1. The number of aryl methyl sites for hydroxylation is 2. The van der Waals surface area contributed by atoms with Gasteiger partial charge < -0.3 is 14.6 Å². The summed E-state index contributed by atoms with van der Waals surface area (Å²) in [6, 6.07) is 16.5. The normalized spacial score (nSPS) is 10.8. The van der Waals surface area contributed by atoms with Gasteiger partial charge in [0.2, 0.25) is 5.91 Å². The minimum absolute atomic E-state index is 0.177. The van der Waals surface area contributed by atoms with Gasteiger partial charge in [-0.1, -0.05) is 24.3 Å². The van der Waals surface area contributed by atoms with Gasteiger partial charge in [0, 0.05) is 50.9 Å². The Morgan fingerprint density at radius 2 is 1.97 bits per heavy atom. The Hall–Kier alpha value is -3.87. The first-order chi connectivity index (χ1) is 15.5. The van der Waals surface area contributed by atoms with E-state index in [0.29, 0.717) is 13.0 Å². The van der Waals surface area contributed by atoms with Crippen LogP contribution in [0.4, 0.5) is 15.8 Å². The van der Waals surface area contributed by atoms with Crippen LogP contribution >= 0.6 is 0 Å². The summed E-state index contributed by atoms with van der Waals surface area (Å²) >= 11 is 0. The molecule has 0 bridgehead atoms. The van der Waals surface area contributed by atoms with Gasteiger partial charge in [-0.3, -0.25) is 9.48 Å². The zero-order valence-corrected chi connectivity index (χ0v) is 18.1. The highest BCUT2D eigenvalue weighted by Crippen LogP contribution is 2.25. The third-order valence-electron chi connectivity index (χ3n) is 5.34.